The number of esters is 1. The van der Waals surface area contributed by atoms with E-state index in [1.165, 1.54) is 0 Å². The Balaban J connectivity index is 1.81. The molecule has 2 aliphatic rings. The molecule has 0 radical (unpaired) electrons. The summed E-state index contributed by atoms with van der Waals surface area (Å²) in [5.41, 5.74) is -0.773. The Bertz CT molecular complexity index is 1170. The van der Waals surface area contributed by atoms with E-state index in [1.807, 2.05) is 36.4 Å². The fraction of sp³-hybridized carbons (Fsp3) is 0.0800. The minimum atomic E-state index is -1.71. The third-order valence-corrected chi connectivity index (χ3v) is 5.74. The first kappa shape index (κ1) is 17.3. The number of fused-ring (bicyclic) bond motifs is 1. The highest BCUT2D eigenvalue weighted by Crippen LogP contribution is 2.66. The molecule has 0 unspecified atom stereocenters. The van der Waals surface area contributed by atoms with Crippen LogP contribution in [0.25, 0.3) is 5.57 Å². The normalized spacial score (nSPS) is 24.9. The summed E-state index contributed by atoms with van der Waals surface area (Å²) < 4.78 is 5.78. The zero-order valence-electron chi connectivity index (χ0n) is 15.4. The Morgan fingerprint density at radius 3 is 1.90 bits per heavy atom. The van der Waals surface area contributed by atoms with Gasteiger partial charge < -0.3 is 4.74 Å². The molecule has 0 aromatic heterocycles. The van der Waals surface area contributed by atoms with Crippen molar-refractivity contribution in [2.24, 2.45) is 5.41 Å². The van der Waals surface area contributed by atoms with Crippen LogP contribution in [-0.4, -0.2) is 17.5 Å². The van der Waals surface area contributed by atoms with Crippen LogP contribution in [0.4, 0.5) is 0 Å². The lowest BCUT2D eigenvalue weighted by Crippen LogP contribution is -2.57. The van der Waals surface area contributed by atoms with Crippen molar-refractivity contribution in [3.05, 3.63) is 114 Å². The quantitative estimate of drug-likeness (QED) is 0.297. The Morgan fingerprint density at radius 2 is 1.28 bits per heavy atom. The van der Waals surface area contributed by atoms with Gasteiger partial charge in [0.25, 0.3) is 5.78 Å². The van der Waals surface area contributed by atoms with Crippen LogP contribution in [0.1, 0.15) is 21.5 Å². The number of hydrogen-bond acceptors (Lipinski definition) is 4. The molecule has 1 saturated heterocycles. The molecular weight excluding hydrogens is 364 g/mol. The third kappa shape index (κ3) is 2.11. The zero-order valence-corrected chi connectivity index (χ0v) is 15.4. The highest BCUT2D eigenvalue weighted by atomic mass is 16.6. The van der Waals surface area contributed by atoms with Crippen molar-refractivity contribution in [1.29, 1.82) is 0 Å². The fourth-order valence-corrected chi connectivity index (χ4v) is 4.43. The van der Waals surface area contributed by atoms with Crippen LogP contribution in [-0.2, 0) is 19.9 Å². The van der Waals surface area contributed by atoms with Gasteiger partial charge in [-0.2, -0.15) is 0 Å². The standard InChI is InChI=1S/C25H16O4/c26-21(18-12-6-2-7-13-18)24-16-20(17-10-4-1-5-11-17)25(24,29-23(28)22(24)27)19-14-8-3-9-15-19/h1-16H/t24-,25+/m0/s1. The number of carbonyl (C=O) groups is 3. The lowest BCUT2D eigenvalue weighted by molar-refractivity contribution is -0.151. The highest BCUT2D eigenvalue weighted by Gasteiger charge is 2.77. The highest BCUT2D eigenvalue weighted by molar-refractivity contribution is 6.47. The molecule has 4 heteroatoms. The summed E-state index contributed by atoms with van der Waals surface area (Å²) in [7, 11) is 0. The topological polar surface area (TPSA) is 60.4 Å². The van der Waals surface area contributed by atoms with E-state index < -0.39 is 28.6 Å². The Hall–Kier alpha value is -3.79. The Kier molecular flexibility index (Phi) is 3.65. The predicted molar refractivity (Wildman–Crippen MR) is 107 cm³/mol. The molecule has 1 fully saturated rings. The first-order valence-electron chi connectivity index (χ1n) is 9.33. The van der Waals surface area contributed by atoms with Crippen LogP contribution < -0.4 is 0 Å². The maximum atomic E-state index is 13.6. The number of rotatable bonds is 4. The van der Waals surface area contributed by atoms with E-state index in [4.69, 9.17) is 4.74 Å². The van der Waals surface area contributed by atoms with Gasteiger partial charge in [0.15, 0.2) is 16.8 Å². The van der Waals surface area contributed by atoms with Crippen LogP contribution in [0.5, 0.6) is 0 Å². The maximum Gasteiger partial charge on any atom is 0.377 e. The number of ketones is 2. The molecule has 3 aromatic rings. The van der Waals surface area contributed by atoms with Gasteiger partial charge in [0.2, 0.25) is 0 Å². The van der Waals surface area contributed by atoms with Crippen LogP contribution in [0.15, 0.2) is 97.1 Å². The van der Waals surface area contributed by atoms with Gasteiger partial charge in [0.1, 0.15) is 0 Å². The van der Waals surface area contributed by atoms with Crippen molar-refractivity contribution >= 4 is 23.1 Å². The van der Waals surface area contributed by atoms with Crippen LogP contribution in [0.2, 0.25) is 0 Å². The smallest absolute Gasteiger partial charge is 0.377 e. The molecule has 29 heavy (non-hydrogen) atoms. The number of Topliss-reactive ketones (excluding diaryl/α,β-unsaturated/α-hetero) is 2. The van der Waals surface area contributed by atoms with Crippen molar-refractivity contribution in [3.8, 4) is 0 Å². The molecule has 1 aliphatic heterocycles. The molecule has 3 aromatic carbocycles. The second-order valence-electron chi connectivity index (χ2n) is 7.19. The van der Waals surface area contributed by atoms with Gasteiger partial charge in [-0.05, 0) is 11.6 Å². The van der Waals surface area contributed by atoms with Crippen molar-refractivity contribution in [2.45, 2.75) is 5.60 Å². The van der Waals surface area contributed by atoms with E-state index in [1.54, 1.807) is 60.7 Å². The van der Waals surface area contributed by atoms with E-state index in [2.05, 4.69) is 0 Å². The summed E-state index contributed by atoms with van der Waals surface area (Å²) in [6.45, 7) is 0. The van der Waals surface area contributed by atoms with Gasteiger partial charge in [-0.25, -0.2) is 4.79 Å². The second kappa shape index (κ2) is 6.11. The van der Waals surface area contributed by atoms with Gasteiger partial charge in [-0.1, -0.05) is 91.0 Å². The minimum Gasteiger partial charge on any atom is -0.441 e. The molecule has 0 saturated carbocycles. The van der Waals surface area contributed by atoms with E-state index in [0.29, 0.717) is 16.7 Å². The lowest BCUT2D eigenvalue weighted by atomic mass is 9.51. The predicted octanol–water partition coefficient (Wildman–Crippen LogP) is 3.97. The molecule has 1 heterocycles. The summed E-state index contributed by atoms with van der Waals surface area (Å²) in [6.07, 6.45) is 1.61. The van der Waals surface area contributed by atoms with Crippen LogP contribution in [0.3, 0.4) is 0 Å². The van der Waals surface area contributed by atoms with E-state index >= 15 is 0 Å². The molecule has 0 amide bonds. The maximum absolute atomic E-state index is 13.6. The number of hydrogen-bond donors (Lipinski definition) is 0. The SMILES string of the molecule is O=C1O[C@]2(c3ccccc3)C(c3ccccc3)=C[C@]2(C(=O)c2ccccc2)C1=O. The van der Waals surface area contributed by atoms with Gasteiger partial charge in [0.05, 0.1) is 0 Å². The molecule has 4 nitrogen and oxygen atoms in total. The van der Waals surface area contributed by atoms with Crippen molar-refractivity contribution in [1.82, 2.24) is 0 Å². The largest absolute Gasteiger partial charge is 0.441 e. The summed E-state index contributed by atoms with van der Waals surface area (Å²) >= 11 is 0. The van der Waals surface area contributed by atoms with Crippen molar-refractivity contribution < 1.29 is 19.1 Å². The minimum absolute atomic E-state index is 0.364. The lowest BCUT2D eigenvalue weighted by Gasteiger charge is -2.49. The Labute approximate surface area is 167 Å². The molecule has 0 bridgehead atoms. The van der Waals surface area contributed by atoms with Crippen molar-refractivity contribution in [2.75, 3.05) is 0 Å². The molecule has 2 atom stereocenters. The van der Waals surface area contributed by atoms with Gasteiger partial charge in [0, 0.05) is 16.7 Å². The fourth-order valence-electron chi connectivity index (χ4n) is 4.43. The molecule has 140 valence electrons. The van der Waals surface area contributed by atoms with E-state index in [0.717, 1.165) is 5.56 Å². The number of benzene rings is 3. The van der Waals surface area contributed by atoms with E-state index in [-0.39, 0.29) is 0 Å². The second-order valence-corrected chi connectivity index (χ2v) is 7.19. The van der Waals surface area contributed by atoms with Gasteiger partial charge >= 0.3 is 5.97 Å². The first-order valence-corrected chi connectivity index (χ1v) is 9.33. The summed E-state index contributed by atoms with van der Waals surface area (Å²) in [5.74, 6) is -2.24. The average Bonchev–Trinajstić information content (AvgIpc) is 2.94. The number of ether oxygens (including phenoxy) is 1. The molecule has 0 spiro atoms. The van der Waals surface area contributed by atoms with Crippen molar-refractivity contribution in [3.63, 3.8) is 0 Å². The molecular formula is C25H16O4. The number of carbonyl (C=O) groups excluding carboxylic acids is 3. The zero-order chi connectivity index (χ0) is 20.1. The molecule has 5 rings (SSSR count). The van der Waals surface area contributed by atoms with Crippen LogP contribution >= 0.6 is 0 Å². The Morgan fingerprint density at radius 1 is 0.724 bits per heavy atom. The summed E-state index contributed by atoms with van der Waals surface area (Å²) in [5, 5.41) is 0. The van der Waals surface area contributed by atoms with Gasteiger partial charge in [-0.15, -0.1) is 0 Å². The van der Waals surface area contributed by atoms with Crippen LogP contribution in [0, 0.1) is 5.41 Å². The van der Waals surface area contributed by atoms with E-state index in [9.17, 15) is 14.4 Å². The summed E-state index contributed by atoms with van der Waals surface area (Å²) in [4.78, 5) is 39.3. The molecule has 0 N–H and O–H groups in total. The monoisotopic (exact) mass is 380 g/mol. The van der Waals surface area contributed by atoms with Gasteiger partial charge in [-0.3, -0.25) is 9.59 Å². The summed E-state index contributed by atoms with van der Waals surface area (Å²) in [6, 6.07) is 27.0. The third-order valence-electron chi connectivity index (χ3n) is 5.74. The molecule has 1 aliphatic carbocycles. The average molecular weight is 380 g/mol. The first-order chi connectivity index (χ1) is 14.1.